The summed E-state index contributed by atoms with van der Waals surface area (Å²) in [7, 11) is 4.34. The number of hydrogen-bond donors (Lipinski definition) is 0. The standard InChI is InChI=1S/C22H44NO/c1-7-9-10-11-12-13-14-15-16-17-18-19-21(22(24)20(3)4)23(5,6)8-2/h21H,3,7-19H2,1-2,4-6H3/q+1. The summed E-state index contributed by atoms with van der Waals surface area (Å²) in [6, 6.07) is 0.0889. The fourth-order valence-electron chi connectivity index (χ4n) is 3.30. The van der Waals surface area contributed by atoms with Crippen molar-refractivity contribution in [2.24, 2.45) is 0 Å². The summed E-state index contributed by atoms with van der Waals surface area (Å²) in [4.78, 5) is 12.4. The van der Waals surface area contributed by atoms with Crippen molar-refractivity contribution in [2.45, 2.75) is 104 Å². The third kappa shape index (κ3) is 10.3. The van der Waals surface area contributed by atoms with Gasteiger partial charge in [0.1, 0.15) is 0 Å². The maximum absolute atomic E-state index is 12.4. The molecule has 0 aromatic heterocycles. The van der Waals surface area contributed by atoms with Crippen LogP contribution in [0.5, 0.6) is 0 Å². The average molecular weight is 339 g/mol. The summed E-state index contributed by atoms with van der Waals surface area (Å²) >= 11 is 0. The van der Waals surface area contributed by atoms with Crippen LogP contribution in [0.1, 0.15) is 97.8 Å². The zero-order chi connectivity index (χ0) is 18.4. The van der Waals surface area contributed by atoms with E-state index in [1.165, 1.54) is 70.6 Å². The molecular formula is C22H44NO+. The van der Waals surface area contributed by atoms with E-state index in [1.807, 2.05) is 6.92 Å². The lowest BCUT2D eigenvalue weighted by Gasteiger charge is -2.36. The lowest BCUT2D eigenvalue weighted by atomic mass is 9.96. The zero-order valence-electron chi connectivity index (χ0n) is 17.3. The molecule has 2 heteroatoms. The van der Waals surface area contributed by atoms with E-state index in [2.05, 4.69) is 34.5 Å². The Morgan fingerprint density at radius 1 is 0.833 bits per heavy atom. The number of quaternary nitrogens is 1. The molecule has 0 bridgehead atoms. The van der Waals surface area contributed by atoms with E-state index in [4.69, 9.17) is 0 Å². The van der Waals surface area contributed by atoms with Crippen molar-refractivity contribution < 1.29 is 9.28 Å². The van der Waals surface area contributed by atoms with Crippen molar-refractivity contribution in [1.82, 2.24) is 0 Å². The van der Waals surface area contributed by atoms with E-state index in [1.54, 1.807) is 0 Å². The van der Waals surface area contributed by atoms with Crippen molar-refractivity contribution in [3.05, 3.63) is 12.2 Å². The van der Waals surface area contributed by atoms with Gasteiger partial charge < -0.3 is 4.48 Å². The van der Waals surface area contributed by atoms with Gasteiger partial charge in [-0.3, -0.25) is 4.79 Å². The predicted molar refractivity (Wildman–Crippen MR) is 107 cm³/mol. The first-order chi connectivity index (χ1) is 11.4. The molecular weight excluding hydrogens is 294 g/mol. The Labute approximate surface area is 152 Å². The van der Waals surface area contributed by atoms with Gasteiger partial charge in [0, 0.05) is 6.42 Å². The number of carbonyl (C=O) groups excluding carboxylic acids is 1. The highest BCUT2D eigenvalue weighted by atomic mass is 16.1. The molecule has 0 aromatic carbocycles. The van der Waals surface area contributed by atoms with Gasteiger partial charge in [-0.1, -0.05) is 77.7 Å². The highest BCUT2D eigenvalue weighted by molar-refractivity contribution is 5.97. The molecule has 0 fully saturated rings. The summed E-state index contributed by atoms with van der Waals surface area (Å²) in [5.74, 6) is 0.258. The van der Waals surface area contributed by atoms with Crippen LogP contribution in [-0.2, 0) is 4.79 Å². The number of likely N-dealkylation sites (N-methyl/N-ethyl adjacent to an activating group) is 1. The number of unbranched alkanes of at least 4 members (excludes halogenated alkanes) is 10. The molecule has 1 unspecified atom stereocenters. The Morgan fingerprint density at radius 2 is 1.25 bits per heavy atom. The van der Waals surface area contributed by atoms with Gasteiger partial charge >= 0.3 is 0 Å². The van der Waals surface area contributed by atoms with E-state index in [9.17, 15) is 4.79 Å². The van der Waals surface area contributed by atoms with Crippen LogP contribution in [0, 0.1) is 0 Å². The topological polar surface area (TPSA) is 17.1 Å². The number of nitrogens with zero attached hydrogens (tertiary/aromatic N) is 1. The van der Waals surface area contributed by atoms with Gasteiger partial charge in [-0.25, -0.2) is 0 Å². The third-order valence-corrected chi connectivity index (χ3v) is 5.46. The van der Waals surface area contributed by atoms with Crippen LogP contribution >= 0.6 is 0 Å². The minimum Gasteiger partial charge on any atom is -0.320 e. The van der Waals surface area contributed by atoms with E-state index in [-0.39, 0.29) is 11.8 Å². The van der Waals surface area contributed by atoms with Gasteiger partial charge in [0.15, 0.2) is 6.04 Å². The second kappa shape index (κ2) is 13.6. The number of hydrogen-bond acceptors (Lipinski definition) is 1. The quantitative estimate of drug-likeness (QED) is 0.183. The van der Waals surface area contributed by atoms with E-state index >= 15 is 0 Å². The minimum atomic E-state index is 0.0889. The monoisotopic (exact) mass is 338 g/mol. The molecule has 0 saturated heterocycles. The van der Waals surface area contributed by atoms with E-state index in [0.29, 0.717) is 5.57 Å². The van der Waals surface area contributed by atoms with Crippen LogP contribution in [0.15, 0.2) is 12.2 Å². The number of carbonyl (C=O) groups is 1. The van der Waals surface area contributed by atoms with Crippen molar-refractivity contribution >= 4 is 5.78 Å². The molecule has 0 rings (SSSR count). The molecule has 0 saturated carbocycles. The second-order valence-electron chi connectivity index (χ2n) is 8.08. The van der Waals surface area contributed by atoms with Crippen molar-refractivity contribution in [3.63, 3.8) is 0 Å². The number of rotatable bonds is 16. The number of ketones is 1. The molecule has 142 valence electrons. The molecule has 0 amide bonds. The summed E-state index contributed by atoms with van der Waals surface area (Å²) in [6.45, 7) is 11.1. The van der Waals surface area contributed by atoms with Crippen molar-refractivity contribution in [1.29, 1.82) is 0 Å². The highest BCUT2D eigenvalue weighted by Gasteiger charge is 2.32. The van der Waals surface area contributed by atoms with Gasteiger partial charge in [0.05, 0.1) is 20.6 Å². The highest BCUT2D eigenvalue weighted by Crippen LogP contribution is 2.19. The minimum absolute atomic E-state index is 0.0889. The lowest BCUT2D eigenvalue weighted by molar-refractivity contribution is -0.904. The molecule has 0 N–H and O–H groups in total. The average Bonchev–Trinajstić information content (AvgIpc) is 2.55. The Morgan fingerprint density at radius 3 is 1.62 bits per heavy atom. The van der Waals surface area contributed by atoms with Crippen LogP contribution in [-0.4, -0.2) is 36.9 Å². The van der Waals surface area contributed by atoms with Gasteiger partial charge in [-0.15, -0.1) is 0 Å². The fourth-order valence-corrected chi connectivity index (χ4v) is 3.30. The molecule has 24 heavy (non-hydrogen) atoms. The molecule has 0 spiro atoms. The van der Waals surface area contributed by atoms with Crippen molar-refractivity contribution in [3.8, 4) is 0 Å². The second-order valence-corrected chi connectivity index (χ2v) is 8.08. The largest absolute Gasteiger partial charge is 0.320 e. The first kappa shape index (κ1) is 23.4. The van der Waals surface area contributed by atoms with Gasteiger partial charge in [0.2, 0.25) is 5.78 Å². The van der Waals surface area contributed by atoms with E-state index in [0.717, 1.165) is 17.4 Å². The SMILES string of the molecule is C=C(C)C(=O)C(CCCCCCCCCCCCC)[N+](C)(C)CC. The van der Waals surface area contributed by atoms with Gasteiger partial charge in [-0.05, 0) is 25.8 Å². The molecule has 1 atom stereocenters. The molecule has 0 aliphatic rings. The Bertz CT molecular complexity index is 346. The lowest BCUT2D eigenvalue weighted by Crippen LogP contribution is -2.52. The molecule has 0 aliphatic carbocycles. The molecule has 0 aromatic rings. The van der Waals surface area contributed by atoms with Crippen LogP contribution in [0.25, 0.3) is 0 Å². The first-order valence-electron chi connectivity index (χ1n) is 10.4. The smallest absolute Gasteiger partial charge is 0.215 e. The van der Waals surface area contributed by atoms with Crippen LogP contribution < -0.4 is 0 Å². The molecule has 0 radical (unpaired) electrons. The van der Waals surface area contributed by atoms with Crippen LogP contribution in [0.2, 0.25) is 0 Å². The summed E-state index contributed by atoms with van der Waals surface area (Å²) in [6.07, 6.45) is 15.9. The fraction of sp³-hybridized carbons (Fsp3) is 0.864. The first-order valence-corrected chi connectivity index (χ1v) is 10.4. The van der Waals surface area contributed by atoms with Gasteiger partial charge in [0.25, 0.3) is 0 Å². The van der Waals surface area contributed by atoms with Crippen LogP contribution in [0.3, 0.4) is 0 Å². The Hall–Kier alpha value is -0.630. The number of Topliss-reactive ketones (excluding diaryl/α,β-unsaturated/α-hetero) is 1. The zero-order valence-corrected chi connectivity index (χ0v) is 17.3. The normalized spacial score (nSPS) is 13.0. The molecule has 0 aliphatic heterocycles. The molecule has 2 nitrogen and oxygen atoms in total. The summed E-state index contributed by atoms with van der Waals surface area (Å²) in [5.41, 5.74) is 0.711. The van der Waals surface area contributed by atoms with E-state index < -0.39 is 0 Å². The maximum Gasteiger partial charge on any atom is 0.215 e. The Balaban J connectivity index is 3.85. The molecule has 0 heterocycles. The predicted octanol–water partition coefficient (Wildman–Crippen LogP) is 6.30. The van der Waals surface area contributed by atoms with Crippen LogP contribution in [0.4, 0.5) is 0 Å². The third-order valence-electron chi connectivity index (χ3n) is 5.46. The maximum atomic E-state index is 12.4. The van der Waals surface area contributed by atoms with Gasteiger partial charge in [-0.2, -0.15) is 0 Å². The summed E-state index contributed by atoms with van der Waals surface area (Å²) in [5, 5.41) is 0. The summed E-state index contributed by atoms with van der Waals surface area (Å²) < 4.78 is 0.781. The Kier molecular flexibility index (Phi) is 13.3. The van der Waals surface area contributed by atoms with Crippen molar-refractivity contribution in [2.75, 3.05) is 20.6 Å².